The van der Waals surface area contributed by atoms with Gasteiger partial charge in [-0.2, -0.15) is 30.6 Å². The third-order valence-electron chi connectivity index (χ3n) is 6.66. The van der Waals surface area contributed by atoms with Gasteiger partial charge in [0.15, 0.2) is 5.82 Å². The molecule has 3 aliphatic heterocycles. The number of nitrogens with zero attached hydrogens (tertiary/aromatic N) is 5. The number of fused-ring (bicyclic) bond motifs is 1. The molecular weight excluding hydrogens is 636 g/mol. The second-order valence-corrected chi connectivity index (χ2v) is 12.1. The molecule has 0 bridgehead atoms. The van der Waals surface area contributed by atoms with E-state index in [2.05, 4.69) is 20.4 Å². The molecule has 0 saturated carbocycles. The number of benzene rings is 1. The summed E-state index contributed by atoms with van der Waals surface area (Å²) < 4.78 is 117. The predicted molar refractivity (Wildman–Crippen MR) is 126 cm³/mol. The predicted octanol–water partition coefficient (Wildman–Crippen LogP) is 3.69. The zero-order valence-electron chi connectivity index (χ0n) is 20.0. The lowest BCUT2D eigenvalue weighted by Gasteiger charge is -2.38. The summed E-state index contributed by atoms with van der Waals surface area (Å²) in [4.78, 5) is 26.8. The summed E-state index contributed by atoms with van der Waals surface area (Å²) in [6.45, 7) is -1.29. The fourth-order valence-electron chi connectivity index (χ4n) is 4.41. The van der Waals surface area contributed by atoms with Crippen molar-refractivity contribution in [2.24, 2.45) is 5.16 Å². The van der Waals surface area contributed by atoms with Gasteiger partial charge in [-0.3, -0.25) is 4.79 Å². The van der Waals surface area contributed by atoms with Gasteiger partial charge in [0.2, 0.25) is 5.82 Å². The van der Waals surface area contributed by atoms with Crippen LogP contribution < -0.4 is 5.32 Å². The fraction of sp³-hybridized carbons (Fsp3) is 0.429. The zero-order chi connectivity index (χ0) is 30.1. The monoisotopic (exact) mass is 650 g/mol. The molecule has 10 nitrogen and oxygen atoms in total. The molecule has 1 fully saturated rings. The van der Waals surface area contributed by atoms with Crippen molar-refractivity contribution < 1.29 is 48.8 Å². The summed E-state index contributed by atoms with van der Waals surface area (Å²) in [5, 5.41) is 4.68. The summed E-state index contributed by atoms with van der Waals surface area (Å²) in [6, 6.07) is 0.592. The SMILES string of the molecule is O=C(NC1CN(S(=O)(=O)C(F)(F)F)C1)c1ncc2c(n1)CN(C1=NOC(c3cc(Cl)c(F)c(Cl)c3)(C(F)(F)F)C1)C2. The van der Waals surface area contributed by atoms with Crippen LogP contribution >= 0.6 is 23.2 Å². The maximum atomic E-state index is 14.3. The minimum atomic E-state index is -5.51. The number of amides is 1. The molecule has 0 aliphatic carbocycles. The van der Waals surface area contributed by atoms with E-state index in [1.807, 2.05) is 0 Å². The van der Waals surface area contributed by atoms with Gasteiger partial charge in [0.1, 0.15) is 5.84 Å². The van der Waals surface area contributed by atoms with Crippen LogP contribution in [0.15, 0.2) is 23.5 Å². The number of sulfonamides is 1. The average Bonchev–Trinajstić information content (AvgIpc) is 3.48. The van der Waals surface area contributed by atoms with Crippen LogP contribution in [0.3, 0.4) is 0 Å². The number of aromatic nitrogens is 2. The Kier molecular flexibility index (Phi) is 7.06. The van der Waals surface area contributed by atoms with E-state index in [9.17, 15) is 43.9 Å². The molecule has 1 N–H and O–H groups in total. The van der Waals surface area contributed by atoms with Gasteiger partial charge in [-0.15, -0.1) is 0 Å². The Hall–Kier alpha value is -2.96. The van der Waals surface area contributed by atoms with Gasteiger partial charge in [0, 0.05) is 37.0 Å². The van der Waals surface area contributed by atoms with Crippen LogP contribution in [0.4, 0.5) is 30.7 Å². The Morgan fingerprint density at radius 2 is 1.73 bits per heavy atom. The Balaban J connectivity index is 1.26. The fourth-order valence-corrected chi connectivity index (χ4v) is 5.95. The summed E-state index contributed by atoms with van der Waals surface area (Å²) >= 11 is 11.4. The lowest BCUT2D eigenvalue weighted by atomic mass is 9.89. The first-order chi connectivity index (χ1) is 18.9. The van der Waals surface area contributed by atoms with Crippen molar-refractivity contribution in [3.8, 4) is 0 Å². The van der Waals surface area contributed by atoms with E-state index in [1.165, 1.54) is 11.1 Å². The molecule has 41 heavy (non-hydrogen) atoms. The first-order valence-electron chi connectivity index (χ1n) is 11.4. The second kappa shape index (κ2) is 9.81. The Morgan fingerprint density at radius 1 is 1.10 bits per heavy atom. The Morgan fingerprint density at radius 3 is 2.32 bits per heavy atom. The van der Waals surface area contributed by atoms with Crippen LogP contribution in [-0.4, -0.2) is 70.1 Å². The molecule has 1 atom stereocenters. The molecule has 0 spiro atoms. The number of carbonyl (C=O) groups is 1. The van der Waals surface area contributed by atoms with Crippen LogP contribution in [0.25, 0.3) is 0 Å². The van der Waals surface area contributed by atoms with Crippen molar-refractivity contribution in [3.05, 3.63) is 56.8 Å². The standard InChI is InChI=1S/C21H15Cl2F7N6O4S/c22-12-1-10(2-13(23)16(12)24)19(20(25,26)27)3-15(34-40-19)35-5-9-4-31-17(33-14(9)8-35)18(37)32-11-6-36(7-11)41(38,39)21(28,29)30/h1-2,4,11H,3,5-8H2,(H,32,37). The number of halogens is 9. The van der Waals surface area contributed by atoms with E-state index in [-0.39, 0.29) is 34.7 Å². The lowest BCUT2D eigenvalue weighted by Crippen LogP contribution is -2.62. The number of rotatable bonds is 4. The zero-order valence-corrected chi connectivity index (χ0v) is 22.4. The third kappa shape index (κ3) is 5.03. The Labute approximate surface area is 236 Å². The number of hydrogen-bond donors (Lipinski definition) is 1. The summed E-state index contributed by atoms with van der Waals surface area (Å²) in [7, 11) is -5.51. The highest BCUT2D eigenvalue weighted by Gasteiger charge is 2.63. The van der Waals surface area contributed by atoms with E-state index in [4.69, 9.17) is 28.0 Å². The molecule has 5 rings (SSSR count). The smallest absolute Gasteiger partial charge is 0.372 e. The van der Waals surface area contributed by atoms with Gasteiger partial charge in [-0.1, -0.05) is 28.4 Å². The molecule has 1 saturated heterocycles. The Bertz CT molecular complexity index is 1540. The number of amidine groups is 1. The molecule has 0 radical (unpaired) electrons. The maximum Gasteiger partial charge on any atom is 0.511 e. The van der Waals surface area contributed by atoms with Gasteiger partial charge in [0.05, 0.1) is 34.7 Å². The third-order valence-corrected chi connectivity index (χ3v) is 8.77. The van der Waals surface area contributed by atoms with Crippen molar-refractivity contribution in [3.63, 3.8) is 0 Å². The summed E-state index contributed by atoms with van der Waals surface area (Å²) in [6.07, 6.45) is -4.58. The molecule has 20 heteroatoms. The first kappa shape index (κ1) is 29.5. The number of nitrogens with one attached hydrogen (secondary N) is 1. The topological polar surface area (TPSA) is 117 Å². The van der Waals surface area contributed by atoms with Crippen molar-refractivity contribution in [1.82, 2.24) is 24.5 Å². The summed E-state index contributed by atoms with van der Waals surface area (Å²) in [5.74, 6) is -2.50. The summed E-state index contributed by atoms with van der Waals surface area (Å²) in [5.41, 5.74) is -8.32. The van der Waals surface area contributed by atoms with Gasteiger partial charge < -0.3 is 15.1 Å². The molecule has 2 aromatic rings. The normalized spacial score (nSPS) is 21.8. The van der Waals surface area contributed by atoms with Crippen LogP contribution in [-0.2, 0) is 33.6 Å². The lowest BCUT2D eigenvalue weighted by molar-refractivity contribution is -0.275. The minimum Gasteiger partial charge on any atom is -0.372 e. The van der Waals surface area contributed by atoms with Crippen LogP contribution in [0.5, 0.6) is 0 Å². The van der Waals surface area contributed by atoms with E-state index in [1.54, 1.807) is 0 Å². The number of hydrogen-bond acceptors (Lipinski definition) is 8. The number of carbonyl (C=O) groups excluding carboxylic acids is 1. The number of alkyl halides is 6. The highest BCUT2D eigenvalue weighted by atomic mass is 35.5. The van der Waals surface area contributed by atoms with Crippen molar-refractivity contribution >= 4 is 45.0 Å². The van der Waals surface area contributed by atoms with Crippen LogP contribution in [0.2, 0.25) is 10.0 Å². The molecule has 3 aliphatic rings. The molecular formula is C21H15Cl2F7N6O4S. The van der Waals surface area contributed by atoms with E-state index >= 15 is 0 Å². The van der Waals surface area contributed by atoms with Gasteiger partial charge in [-0.25, -0.2) is 22.8 Å². The first-order valence-corrected chi connectivity index (χ1v) is 13.6. The van der Waals surface area contributed by atoms with E-state index in [0.717, 1.165) is 12.1 Å². The highest BCUT2D eigenvalue weighted by molar-refractivity contribution is 7.90. The minimum absolute atomic E-state index is 0.00514. The quantitative estimate of drug-likeness (QED) is 0.396. The van der Waals surface area contributed by atoms with E-state index < -0.39 is 80.2 Å². The van der Waals surface area contributed by atoms with E-state index in [0.29, 0.717) is 5.56 Å². The average molecular weight is 651 g/mol. The van der Waals surface area contributed by atoms with Gasteiger partial charge in [-0.05, 0) is 12.1 Å². The van der Waals surface area contributed by atoms with Gasteiger partial charge >= 0.3 is 21.7 Å². The van der Waals surface area contributed by atoms with Crippen molar-refractivity contribution in [2.45, 2.75) is 42.8 Å². The molecule has 1 amide bonds. The molecule has 1 aromatic heterocycles. The highest BCUT2D eigenvalue weighted by Crippen LogP contribution is 2.50. The van der Waals surface area contributed by atoms with Crippen LogP contribution in [0, 0.1) is 5.82 Å². The van der Waals surface area contributed by atoms with Crippen LogP contribution in [0.1, 0.15) is 33.9 Å². The largest absolute Gasteiger partial charge is 0.511 e. The van der Waals surface area contributed by atoms with Gasteiger partial charge in [0.25, 0.3) is 11.5 Å². The van der Waals surface area contributed by atoms with Crippen molar-refractivity contribution in [2.75, 3.05) is 13.1 Å². The second-order valence-electron chi connectivity index (χ2n) is 9.31. The molecule has 222 valence electrons. The molecule has 1 aromatic carbocycles. The molecule has 4 heterocycles. The maximum absolute atomic E-state index is 14.3. The molecule has 1 unspecified atom stereocenters. The van der Waals surface area contributed by atoms with Crippen molar-refractivity contribution in [1.29, 1.82) is 0 Å². The number of oxime groups is 1.